The van der Waals surface area contributed by atoms with Gasteiger partial charge in [-0.15, -0.1) is 0 Å². The zero-order chi connectivity index (χ0) is 42.9. The minimum Gasteiger partial charge on any atom is -0.756 e. The van der Waals surface area contributed by atoms with Crippen LogP contribution in [0.25, 0.3) is 11.2 Å². The number of aliphatic hydroxyl groups excluding tert-OH is 2. The van der Waals surface area contributed by atoms with Gasteiger partial charge in [-0.1, -0.05) is 142 Å². The summed E-state index contributed by atoms with van der Waals surface area (Å²) < 4.78 is 54.4. The fraction of sp³-hybridized carbons (Fsp3) is 0.829. The maximum absolute atomic E-state index is 13.9. The van der Waals surface area contributed by atoms with Gasteiger partial charge in [-0.3, -0.25) is 18.7 Å². The number of phosphoric acid groups is 1. The van der Waals surface area contributed by atoms with Crippen LogP contribution in [0.15, 0.2) is 6.33 Å². The molecule has 19 heteroatoms. The van der Waals surface area contributed by atoms with E-state index in [0.29, 0.717) is 12.8 Å². The van der Waals surface area contributed by atoms with Crippen LogP contribution in [-0.2, 0) is 37.4 Å². The minimum atomic E-state index is -5.12. The third-order valence-corrected chi connectivity index (χ3v) is 11.5. The molecule has 60 heavy (non-hydrogen) atoms. The molecule has 0 amide bonds. The molecule has 2 unspecified atom stereocenters. The Kier molecular flexibility index (Phi) is 28.2. The number of hydrogen-bond acceptors (Lipinski definition) is 15. The molecule has 1 aliphatic rings. The van der Waals surface area contributed by atoms with Crippen LogP contribution in [0.1, 0.15) is 174 Å². The maximum Gasteiger partial charge on any atom is 1.00 e. The number of anilines is 1. The first kappa shape index (κ1) is 54.3. The fourth-order valence-corrected chi connectivity index (χ4v) is 7.81. The van der Waals surface area contributed by atoms with Gasteiger partial charge in [-0.05, 0) is 12.8 Å². The van der Waals surface area contributed by atoms with Crippen molar-refractivity contribution in [2.24, 2.45) is 0 Å². The number of phosphoric ester groups is 1. The van der Waals surface area contributed by atoms with Gasteiger partial charge in [0, 0.05) is 12.8 Å². The number of rotatable bonds is 34. The number of aliphatic hydroxyl groups is 2. The van der Waals surface area contributed by atoms with Crippen molar-refractivity contribution in [2.45, 2.75) is 199 Å². The number of unbranched alkanes of at least 4 members (excludes halogenated alkanes) is 20. The van der Waals surface area contributed by atoms with Crippen molar-refractivity contribution in [1.82, 2.24) is 19.5 Å². The smallest absolute Gasteiger partial charge is 0.756 e. The number of ether oxygens (including phenoxy) is 3. The molecule has 2 aromatic heterocycles. The molecule has 4 N–H and O–H groups in total. The number of nitrogen functional groups attached to an aromatic ring is 1. The Hall–Kier alpha value is -1.79. The average molecular weight is 882 g/mol. The van der Waals surface area contributed by atoms with Crippen molar-refractivity contribution in [2.75, 3.05) is 25.6 Å². The number of hydrogen-bond donors (Lipinski definition) is 3. The molecule has 0 spiro atoms. The first-order valence-corrected chi connectivity index (χ1v) is 23.5. The summed E-state index contributed by atoms with van der Waals surface area (Å²) in [7, 11) is -5.12. The van der Waals surface area contributed by atoms with Crippen LogP contribution in [0.3, 0.4) is 0 Å². The number of carbonyl (C=O) groups is 2. The van der Waals surface area contributed by atoms with E-state index >= 15 is 0 Å². The van der Waals surface area contributed by atoms with Crippen LogP contribution < -0.4 is 40.2 Å². The third kappa shape index (κ3) is 21.1. The molecular weight excluding hydrogens is 811 g/mol. The summed E-state index contributed by atoms with van der Waals surface area (Å²) in [5, 5.41) is 21.3. The van der Waals surface area contributed by atoms with E-state index in [0.717, 1.165) is 49.4 Å². The predicted molar refractivity (Wildman–Crippen MR) is 218 cm³/mol. The topological polar surface area (TPSA) is 230 Å². The molecule has 0 bridgehead atoms. The molecule has 6 atom stereocenters. The van der Waals surface area contributed by atoms with Crippen molar-refractivity contribution < 1.29 is 86.5 Å². The second-order valence-electron chi connectivity index (χ2n) is 15.7. The van der Waals surface area contributed by atoms with Crippen LogP contribution >= 0.6 is 7.82 Å². The third-order valence-electron chi connectivity index (χ3n) is 10.5. The molecule has 2 aromatic rings. The summed E-state index contributed by atoms with van der Waals surface area (Å²) >= 11 is 0. The van der Waals surface area contributed by atoms with Crippen LogP contribution in [0.5, 0.6) is 0 Å². The molecule has 0 aromatic carbocycles. The monoisotopic (exact) mass is 881 g/mol. The molecule has 3 heterocycles. The summed E-state index contributed by atoms with van der Waals surface area (Å²) in [4.78, 5) is 49.2. The van der Waals surface area contributed by atoms with Gasteiger partial charge in [-0.2, -0.15) is 14.4 Å². The van der Waals surface area contributed by atoms with Gasteiger partial charge in [0.1, 0.15) is 24.9 Å². The van der Waals surface area contributed by atoms with E-state index in [1.807, 2.05) is 0 Å². The Morgan fingerprint density at radius 2 is 1.30 bits per heavy atom. The SMILES string of the molecule is CCCCCCCCCCCCCC(=O)OCC(COP(=O)([O-])OC[C@H]1O[C@@H](n2cnc3c(N)nc(F)nc32)[C@@H](O)[C@@H]1O)OC(=O)CCCCCCCCCCCCC.[Na+]. The molecule has 16 nitrogen and oxygen atoms in total. The van der Waals surface area contributed by atoms with E-state index < -0.39 is 76.3 Å². The number of halogens is 1. The molecule has 1 aliphatic heterocycles. The van der Waals surface area contributed by atoms with Crippen LogP contribution in [-0.4, -0.2) is 85.9 Å². The standard InChI is InChI=1S/C41H71FN5O11P.Na/c1-3-5-7-9-11-13-15-17-19-21-23-25-33(48)54-27-31(57-34(49)26-24-22-20-18-16-14-12-10-8-6-4-2)28-55-59(52,53)56-29-32-36(50)37(51)40(58-32)47-30-44-35-38(43)45-41(42)46-39(35)47;/h30-32,36-37,40,50-51H,3-29H2,1-2H3,(H,52,53)(H2,43,45,46);/q;+1/p-1/t31?,32-,36-,37+,40-;/m1./s1. The van der Waals surface area contributed by atoms with Gasteiger partial charge in [0.2, 0.25) is 0 Å². The average Bonchev–Trinajstić information content (AvgIpc) is 3.75. The Morgan fingerprint density at radius 1 is 0.800 bits per heavy atom. The van der Waals surface area contributed by atoms with Gasteiger partial charge >= 0.3 is 47.6 Å². The van der Waals surface area contributed by atoms with E-state index in [2.05, 4.69) is 28.8 Å². The zero-order valence-electron chi connectivity index (χ0n) is 36.3. The van der Waals surface area contributed by atoms with Gasteiger partial charge in [0.05, 0.1) is 19.5 Å². The van der Waals surface area contributed by atoms with Crippen molar-refractivity contribution in [3.05, 3.63) is 12.4 Å². The number of nitrogens with two attached hydrogens (primary N) is 1. The molecular formula is C41H70FN5NaO11P. The first-order valence-electron chi connectivity index (χ1n) is 22.1. The summed E-state index contributed by atoms with van der Waals surface area (Å²) in [6.07, 6.45) is 17.8. The number of nitrogens with zero attached hydrogens (tertiary/aromatic N) is 4. The molecule has 1 saturated heterocycles. The Balaban J connectivity index is 0.0000124. The predicted octanol–water partition coefficient (Wildman–Crippen LogP) is 4.53. The van der Waals surface area contributed by atoms with Crippen molar-refractivity contribution in [1.29, 1.82) is 0 Å². The number of aromatic nitrogens is 4. The molecule has 0 aliphatic carbocycles. The summed E-state index contributed by atoms with van der Waals surface area (Å²) in [5.74, 6) is -1.31. The normalized spacial score (nSPS) is 19.2. The molecule has 338 valence electrons. The van der Waals surface area contributed by atoms with Crippen LogP contribution in [0.4, 0.5) is 10.2 Å². The first-order chi connectivity index (χ1) is 28.5. The van der Waals surface area contributed by atoms with Crippen molar-refractivity contribution >= 4 is 36.7 Å². The Bertz CT molecular complexity index is 1550. The van der Waals surface area contributed by atoms with Crippen molar-refractivity contribution in [3.63, 3.8) is 0 Å². The van der Waals surface area contributed by atoms with E-state index in [-0.39, 0.29) is 59.4 Å². The van der Waals surface area contributed by atoms with E-state index in [1.165, 1.54) is 89.9 Å². The van der Waals surface area contributed by atoms with Crippen LogP contribution in [0.2, 0.25) is 0 Å². The fourth-order valence-electron chi connectivity index (χ4n) is 7.06. The van der Waals surface area contributed by atoms with E-state index in [9.17, 15) is 33.7 Å². The second kappa shape index (κ2) is 31.1. The quantitative estimate of drug-likeness (QED) is 0.0288. The van der Waals surface area contributed by atoms with Crippen LogP contribution in [0, 0.1) is 6.08 Å². The minimum absolute atomic E-state index is 0. The molecule has 1 fully saturated rings. The van der Waals surface area contributed by atoms with Gasteiger partial charge in [-0.25, -0.2) is 4.98 Å². The van der Waals surface area contributed by atoms with Gasteiger partial charge in [0.25, 0.3) is 7.82 Å². The van der Waals surface area contributed by atoms with Crippen molar-refractivity contribution in [3.8, 4) is 0 Å². The Morgan fingerprint density at radius 3 is 1.83 bits per heavy atom. The summed E-state index contributed by atoms with van der Waals surface area (Å²) in [5.41, 5.74) is 5.62. The van der Waals surface area contributed by atoms with Gasteiger partial charge < -0.3 is 44.1 Å². The number of carbonyl (C=O) groups excluding carboxylic acids is 2. The maximum atomic E-state index is 13.9. The molecule has 0 radical (unpaired) electrons. The largest absolute Gasteiger partial charge is 1.00 e. The van der Waals surface area contributed by atoms with E-state index in [1.54, 1.807) is 0 Å². The number of fused-ring (bicyclic) bond motifs is 1. The summed E-state index contributed by atoms with van der Waals surface area (Å²) in [6.45, 7) is 2.54. The molecule has 0 saturated carbocycles. The van der Waals surface area contributed by atoms with Gasteiger partial charge in [0.15, 0.2) is 29.3 Å². The second-order valence-corrected chi connectivity index (χ2v) is 17.1. The van der Waals surface area contributed by atoms with E-state index in [4.69, 9.17) is 29.0 Å². The number of esters is 2. The molecule has 3 rings (SSSR count). The summed E-state index contributed by atoms with van der Waals surface area (Å²) in [6, 6.07) is 0. The number of imidazole rings is 1. The Labute approximate surface area is 377 Å². The zero-order valence-corrected chi connectivity index (χ0v) is 39.2.